The summed E-state index contributed by atoms with van der Waals surface area (Å²) in [4.78, 5) is 11.3. The van der Waals surface area contributed by atoms with E-state index >= 15 is 0 Å². The van der Waals surface area contributed by atoms with E-state index in [2.05, 4.69) is 15.9 Å². The third kappa shape index (κ3) is 4.42. The van der Waals surface area contributed by atoms with Crippen LogP contribution >= 0.6 is 27.7 Å². The number of hydrogen-bond acceptors (Lipinski definition) is 4. The Balaban J connectivity index is 3.43. The first-order valence-corrected chi connectivity index (χ1v) is 7.32. The third-order valence-corrected chi connectivity index (χ3v) is 3.66. The minimum absolute atomic E-state index is 0.0371. The van der Waals surface area contributed by atoms with Gasteiger partial charge in [-0.3, -0.25) is 0 Å². The first kappa shape index (κ1) is 16.9. The van der Waals surface area contributed by atoms with Gasteiger partial charge < -0.3 is 4.74 Å². The second-order valence-electron chi connectivity index (χ2n) is 3.53. The van der Waals surface area contributed by atoms with Gasteiger partial charge in [0.15, 0.2) is 0 Å². The molecule has 0 saturated carbocycles. The van der Waals surface area contributed by atoms with Crippen LogP contribution in [0.2, 0.25) is 0 Å². The van der Waals surface area contributed by atoms with Gasteiger partial charge in [-0.05, 0) is 36.4 Å². The largest absolute Gasteiger partial charge is 0.462 e. The predicted molar refractivity (Wildman–Crippen MR) is 71.7 cm³/mol. The summed E-state index contributed by atoms with van der Waals surface area (Å²) in [5, 5.41) is 9.28. The van der Waals surface area contributed by atoms with Crippen molar-refractivity contribution in [3.05, 3.63) is 28.8 Å². The summed E-state index contributed by atoms with van der Waals surface area (Å²) in [5.74, 6) is -0.876. The molecular weight excluding hydrogens is 359 g/mol. The molecule has 0 aliphatic heterocycles. The lowest BCUT2D eigenvalue weighted by molar-refractivity contribution is -0.0328. The molecular formula is C12H9BrF3NO2S. The minimum atomic E-state index is -4.59. The number of rotatable bonds is 4. The number of hydrogen-bond donors (Lipinski definition) is 0. The van der Waals surface area contributed by atoms with Crippen LogP contribution in [0.5, 0.6) is 0 Å². The average molecular weight is 368 g/mol. The lowest BCUT2D eigenvalue weighted by Gasteiger charge is -2.13. The van der Waals surface area contributed by atoms with Gasteiger partial charge in [-0.25, -0.2) is 4.79 Å². The van der Waals surface area contributed by atoms with Gasteiger partial charge in [-0.15, -0.1) is 0 Å². The quantitative estimate of drug-likeness (QED) is 0.453. The molecule has 0 aromatic heterocycles. The molecule has 8 heteroatoms. The Morgan fingerprint density at radius 3 is 2.60 bits per heavy atom. The second-order valence-corrected chi connectivity index (χ2v) is 5.17. The summed E-state index contributed by atoms with van der Waals surface area (Å²) in [6.45, 7) is 1.59. The molecule has 0 saturated heterocycles. The zero-order valence-corrected chi connectivity index (χ0v) is 12.7. The normalized spacial score (nSPS) is 11.0. The van der Waals surface area contributed by atoms with E-state index < -0.39 is 28.1 Å². The van der Waals surface area contributed by atoms with Crippen molar-refractivity contribution in [3.63, 3.8) is 0 Å². The zero-order chi connectivity index (χ0) is 15.3. The maximum Gasteiger partial charge on any atom is 0.446 e. The van der Waals surface area contributed by atoms with Crippen LogP contribution in [0.25, 0.3) is 0 Å². The molecule has 0 spiro atoms. The number of ether oxygens (including phenoxy) is 1. The van der Waals surface area contributed by atoms with Crippen molar-refractivity contribution in [2.45, 2.75) is 22.7 Å². The smallest absolute Gasteiger partial charge is 0.446 e. The summed E-state index contributed by atoms with van der Waals surface area (Å²) in [6, 6.07) is 4.29. The summed E-state index contributed by atoms with van der Waals surface area (Å²) in [6.07, 6.45) is 0. The molecule has 1 aromatic rings. The Labute approximate surface area is 126 Å². The first-order chi connectivity index (χ1) is 9.32. The number of alkyl halides is 4. The number of benzene rings is 1. The SMILES string of the molecule is CCOC(=O)c1cc(CBr)cc(C#N)c1SC(F)(F)F. The summed E-state index contributed by atoms with van der Waals surface area (Å²) in [7, 11) is 0. The number of halogens is 4. The Morgan fingerprint density at radius 2 is 2.15 bits per heavy atom. The van der Waals surface area contributed by atoms with E-state index in [1.807, 2.05) is 0 Å². The summed E-state index contributed by atoms with van der Waals surface area (Å²) < 4.78 is 42.4. The molecule has 0 heterocycles. The molecule has 1 aromatic carbocycles. The van der Waals surface area contributed by atoms with Crippen LogP contribution in [-0.4, -0.2) is 18.1 Å². The highest BCUT2D eigenvalue weighted by atomic mass is 79.9. The first-order valence-electron chi connectivity index (χ1n) is 5.38. The monoisotopic (exact) mass is 367 g/mol. The summed E-state index contributed by atoms with van der Waals surface area (Å²) >= 11 is 2.65. The molecule has 0 amide bonds. The van der Waals surface area contributed by atoms with E-state index in [9.17, 15) is 18.0 Å². The molecule has 0 fully saturated rings. The van der Waals surface area contributed by atoms with E-state index in [0.717, 1.165) is 0 Å². The average Bonchev–Trinajstić information content (AvgIpc) is 2.37. The van der Waals surface area contributed by atoms with Gasteiger partial charge in [0, 0.05) is 10.2 Å². The Bertz CT molecular complexity index is 555. The van der Waals surface area contributed by atoms with Gasteiger partial charge in [-0.1, -0.05) is 15.9 Å². The van der Waals surface area contributed by atoms with Gasteiger partial charge >= 0.3 is 11.5 Å². The molecule has 0 radical (unpaired) electrons. The highest BCUT2D eigenvalue weighted by Crippen LogP contribution is 2.41. The van der Waals surface area contributed by atoms with Crippen LogP contribution in [0.1, 0.15) is 28.4 Å². The molecule has 0 unspecified atom stereocenters. The van der Waals surface area contributed by atoms with Gasteiger partial charge in [0.25, 0.3) is 0 Å². The Morgan fingerprint density at radius 1 is 1.50 bits per heavy atom. The molecule has 20 heavy (non-hydrogen) atoms. The fourth-order valence-corrected chi connectivity index (χ4v) is 2.46. The zero-order valence-electron chi connectivity index (χ0n) is 10.3. The number of carbonyl (C=O) groups is 1. The standard InChI is InChI=1S/C12H9BrF3NO2S/c1-2-19-11(18)9-4-7(5-13)3-8(6-17)10(9)20-12(14,15)16/h3-4H,2,5H2,1H3. The van der Waals surface area contributed by atoms with Crippen LogP contribution in [0.3, 0.4) is 0 Å². The van der Waals surface area contributed by atoms with Crippen molar-refractivity contribution in [1.82, 2.24) is 0 Å². The third-order valence-electron chi connectivity index (χ3n) is 2.14. The number of nitrogens with zero attached hydrogens (tertiary/aromatic N) is 1. The van der Waals surface area contributed by atoms with Crippen LogP contribution in [0.15, 0.2) is 17.0 Å². The van der Waals surface area contributed by atoms with Crippen LogP contribution < -0.4 is 0 Å². The Kier molecular flexibility index (Phi) is 5.89. The van der Waals surface area contributed by atoms with Crippen LogP contribution in [-0.2, 0) is 10.1 Å². The predicted octanol–water partition coefficient (Wildman–Crippen LogP) is 4.24. The van der Waals surface area contributed by atoms with Gasteiger partial charge in [0.1, 0.15) is 6.07 Å². The molecule has 0 N–H and O–H groups in total. The van der Waals surface area contributed by atoms with Crippen LogP contribution in [0, 0.1) is 11.3 Å². The van der Waals surface area contributed by atoms with E-state index in [1.54, 1.807) is 13.0 Å². The van der Waals surface area contributed by atoms with Crippen molar-refractivity contribution >= 4 is 33.7 Å². The van der Waals surface area contributed by atoms with Crippen molar-refractivity contribution in [2.75, 3.05) is 6.61 Å². The number of thioether (sulfide) groups is 1. The van der Waals surface area contributed by atoms with Crippen molar-refractivity contribution < 1.29 is 22.7 Å². The molecule has 108 valence electrons. The molecule has 0 aliphatic carbocycles. The van der Waals surface area contributed by atoms with Gasteiger partial charge in [0.2, 0.25) is 0 Å². The molecule has 1 rings (SSSR count). The molecule has 0 atom stereocenters. The lowest BCUT2D eigenvalue weighted by Crippen LogP contribution is -2.10. The van der Waals surface area contributed by atoms with E-state index in [1.165, 1.54) is 12.1 Å². The van der Waals surface area contributed by atoms with E-state index in [0.29, 0.717) is 10.9 Å². The van der Waals surface area contributed by atoms with Gasteiger partial charge in [0.05, 0.1) is 17.7 Å². The number of carbonyl (C=O) groups excluding carboxylic acids is 1. The van der Waals surface area contributed by atoms with Crippen molar-refractivity contribution in [2.24, 2.45) is 0 Å². The topological polar surface area (TPSA) is 50.1 Å². The number of esters is 1. The highest BCUT2D eigenvalue weighted by Gasteiger charge is 2.33. The maximum absolute atomic E-state index is 12.6. The highest BCUT2D eigenvalue weighted by molar-refractivity contribution is 9.08. The number of nitriles is 1. The maximum atomic E-state index is 12.6. The fraction of sp³-hybridized carbons (Fsp3) is 0.333. The van der Waals surface area contributed by atoms with Crippen molar-refractivity contribution in [3.8, 4) is 6.07 Å². The van der Waals surface area contributed by atoms with Crippen LogP contribution in [0.4, 0.5) is 13.2 Å². The summed E-state index contributed by atoms with van der Waals surface area (Å²) in [5.41, 5.74) is -4.52. The van der Waals surface area contributed by atoms with Gasteiger partial charge in [-0.2, -0.15) is 18.4 Å². The van der Waals surface area contributed by atoms with Crippen molar-refractivity contribution in [1.29, 1.82) is 5.26 Å². The fourth-order valence-electron chi connectivity index (χ4n) is 1.43. The molecule has 0 bridgehead atoms. The van der Waals surface area contributed by atoms with E-state index in [-0.39, 0.29) is 17.7 Å². The molecule has 3 nitrogen and oxygen atoms in total. The molecule has 0 aliphatic rings. The Hall–Kier alpha value is -1.20. The van der Waals surface area contributed by atoms with E-state index in [4.69, 9.17) is 10.00 Å². The second kappa shape index (κ2) is 6.99. The minimum Gasteiger partial charge on any atom is -0.462 e. The lowest BCUT2D eigenvalue weighted by atomic mass is 10.1.